The highest BCUT2D eigenvalue weighted by Gasteiger charge is 2.52. The number of nitrogens with zero attached hydrogens (tertiary/aromatic N) is 8. The normalized spacial score (nSPS) is 12.8. The van der Waals surface area contributed by atoms with Crippen LogP contribution in [0.4, 0.5) is 17.1 Å². The molecule has 0 aliphatic carbocycles. The first-order valence-corrected chi connectivity index (χ1v) is 45.6. The number of carbonyl (C=O) groups is 8. The summed E-state index contributed by atoms with van der Waals surface area (Å²) < 4.78 is 38.7. The average Bonchev–Trinajstić information content (AvgIpc) is 1.60. The maximum Gasteiger partial charge on any atom is 0.495 e. The van der Waals surface area contributed by atoms with Crippen LogP contribution in [0.5, 0.6) is 40.2 Å². The molecule has 0 radical (unpaired) electrons. The minimum absolute atomic E-state index is 0.0434. The first-order valence-electron chi connectivity index (χ1n) is 42.7. The van der Waals surface area contributed by atoms with Crippen molar-refractivity contribution in [2.45, 2.75) is 104 Å². The van der Waals surface area contributed by atoms with Gasteiger partial charge in [0.2, 0.25) is 0 Å². The second-order valence-electron chi connectivity index (χ2n) is 32.4. The minimum Gasteiger partial charge on any atom is -0.507 e. The lowest BCUT2D eigenvalue weighted by Crippen LogP contribution is -2.41. The van der Waals surface area contributed by atoms with Crippen LogP contribution >= 0.6 is 66.7 Å². The molecule has 5 N–H and O–H groups in total. The number of fused-ring (bicyclic) bond motifs is 3. The zero-order valence-corrected chi connectivity index (χ0v) is 80.5. The number of aromatic nitrogens is 3. The van der Waals surface area contributed by atoms with Crippen molar-refractivity contribution >= 4 is 146 Å². The van der Waals surface area contributed by atoms with E-state index >= 15 is 0 Å². The molecular formula is C105H87BBr2Cl3N9O18. The van der Waals surface area contributed by atoms with Crippen molar-refractivity contribution in [3.05, 3.63) is 361 Å². The van der Waals surface area contributed by atoms with Crippen molar-refractivity contribution in [1.82, 2.24) is 15.0 Å². The fraction of sp³-hybridized carbons (Fsp3) is 0.181. The number of pyridine rings is 3. The van der Waals surface area contributed by atoms with Gasteiger partial charge in [0, 0.05) is 123 Å². The number of carboxylic acids is 1. The molecule has 13 aromatic rings. The number of halogens is 5. The van der Waals surface area contributed by atoms with Crippen molar-refractivity contribution in [3.8, 4) is 69.6 Å². The molecule has 10 aromatic carbocycles. The molecule has 3 aromatic heterocycles. The molecule has 0 atom stereocenters. The lowest BCUT2D eigenvalue weighted by Gasteiger charge is -2.32. The molecule has 0 spiro atoms. The zero-order valence-electron chi connectivity index (χ0n) is 75.1. The summed E-state index contributed by atoms with van der Waals surface area (Å²) in [7, 11) is -0.477. The number of nitriles is 3. The SMILES string of the molecule is Brc1cccc2c1CCN2.Cc1c(COc2cc(OCc3cncc(C#N)c3)c(C=O)cc2Cl)cccc1-c1cccc2c1CCN2C(=O)c1ccc(C=O)c(O)c1.Cc1c(COc2cc(OCc3cncc(C#N)c3)c(C=O)cc2Cl)cccc1B1OC(C)(C)C(C)(C)O1.N#Cc1cncc(CCl)c1.O=Cc1ccc(C(=O)N2CCc3c(Br)cccc32)cc1O.O=Cc1ccc(C(=O)O)cc1O. The first kappa shape index (κ1) is 102. The van der Waals surface area contributed by atoms with Gasteiger partial charge in [-0.3, -0.25) is 48.5 Å². The lowest BCUT2D eigenvalue weighted by atomic mass is 9.75. The number of hydrogen-bond acceptors (Lipinski definition) is 24. The molecule has 2 amide bonds. The highest BCUT2D eigenvalue weighted by atomic mass is 79.9. The molecular weight excluding hydrogens is 1950 g/mol. The van der Waals surface area contributed by atoms with Crippen molar-refractivity contribution in [2.75, 3.05) is 34.8 Å². The van der Waals surface area contributed by atoms with Gasteiger partial charge in [-0.25, -0.2) is 4.79 Å². The Morgan fingerprint density at radius 3 is 1.34 bits per heavy atom. The number of aromatic hydroxyl groups is 3. The van der Waals surface area contributed by atoms with E-state index in [9.17, 15) is 48.6 Å². The number of phenolic OH excluding ortho intramolecular Hbond substituents is 3. The summed E-state index contributed by atoms with van der Waals surface area (Å²) in [6, 6.07) is 59.2. The van der Waals surface area contributed by atoms with Crippen LogP contribution in [-0.2, 0) is 60.9 Å². The number of anilines is 3. The fourth-order valence-electron chi connectivity index (χ4n) is 14.9. The molecule has 1 saturated heterocycles. The molecule has 27 nitrogen and oxygen atoms in total. The zero-order chi connectivity index (χ0) is 99.1. The van der Waals surface area contributed by atoms with Gasteiger partial charge in [0.1, 0.15) is 84.9 Å². The van der Waals surface area contributed by atoms with Gasteiger partial charge in [-0.15, -0.1) is 11.6 Å². The fourth-order valence-corrected chi connectivity index (χ4v) is 16.6. The van der Waals surface area contributed by atoms with Gasteiger partial charge in [-0.05, 0) is 237 Å². The number of aldehydes is 5. The Labute approximate surface area is 827 Å². The van der Waals surface area contributed by atoms with E-state index in [2.05, 4.69) is 70.3 Å². The first-order chi connectivity index (χ1) is 66.3. The lowest BCUT2D eigenvalue weighted by molar-refractivity contribution is 0.00578. The quantitative estimate of drug-likeness (QED) is 0.0225. The topological polar surface area (TPSA) is 401 Å². The second-order valence-corrected chi connectivity index (χ2v) is 35.2. The number of carboxylic acid groups (broad SMARTS) is 1. The number of alkyl halides is 1. The Balaban J connectivity index is 0.000000165. The van der Waals surface area contributed by atoms with Gasteiger partial charge in [0.05, 0.1) is 71.3 Å². The summed E-state index contributed by atoms with van der Waals surface area (Å²) in [4.78, 5) is 107. The van der Waals surface area contributed by atoms with Crippen molar-refractivity contribution < 1.29 is 87.0 Å². The smallest absolute Gasteiger partial charge is 0.495 e. The van der Waals surface area contributed by atoms with E-state index in [1.807, 2.05) is 133 Å². The molecule has 33 heteroatoms. The highest BCUT2D eigenvalue weighted by Crippen LogP contribution is 2.43. The van der Waals surface area contributed by atoms with Crippen LogP contribution in [0.2, 0.25) is 10.0 Å². The Kier molecular flexibility index (Phi) is 34.8. The van der Waals surface area contributed by atoms with Crippen LogP contribution in [-0.4, -0.2) is 123 Å². The van der Waals surface area contributed by atoms with E-state index in [4.69, 9.17) is 89.1 Å². The van der Waals surface area contributed by atoms with Gasteiger partial charge >= 0.3 is 13.1 Å². The maximum atomic E-state index is 13.4. The largest absolute Gasteiger partial charge is 0.507 e. The highest BCUT2D eigenvalue weighted by molar-refractivity contribution is 9.10. The number of nitrogens with one attached hydrogen (secondary N) is 1. The number of hydrogen-bond donors (Lipinski definition) is 5. The standard InChI is InChI=1S/C38H28ClN3O6.C28H28BClN2O5.C16H12BrNO3.C8H8BrN.C8H6O4.C7H5ClN2/c1-23-28(22-48-37-15-36(29(20-44)13-33(37)39)47-21-25-12-24(16-40)17-41-18-25)4-2-5-30(23)31-6-3-7-34-32(31)10-11-42(34)38(46)26-8-9-27(19-43)35(45)14-26;1-18-21(7-6-8-23(18)29-36-27(2,3)28(4,5)37-29)17-35-26-11-25(22(15-33)10-24(26)30)34-16-20-9-19(12-31)13-32-14-20;17-13-2-1-3-14-12(13)6-7-18(14)16(21)10-4-5-11(9-19)15(20)8-10;9-7-2-1-3-8-6(7)4-5-10-8;9-4-6-2-1-5(8(11)12)3-7(6)10;8-2-6-1-7(3-9)5-10-4-6/h2-9,12-15,17-20,45H,10-11,21-22H2,1H3;6-11,13-15H,16-17H2,1-5H3;1-5,8-9,20H,6-7H2;1-3,10H,4-5H2;1-4,10H,(H,11,12);1,4-5H,2H2. The van der Waals surface area contributed by atoms with Gasteiger partial charge in [0.25, 0.3) is 11.8 Å². The molecule has 17 rings (SSSR count). The average molecular weight is 2040 g/mol. The number of ether oxygens (including phenoxy) is 4. The van der Waals surface area contributed by atoms with E-state index < -0.39 is 24.3 Å². The molecule has 0 unspecified atom stereocenters. The molecule has 4 aliphatic heterocycles. The second kappa shape index (κ2) is 47.0. The number of phenols is 3. The number of carbonyl (C=O) groups excluding carboxylic acids is 7. The van der Waals surface area contributed by atoms with Crippen molar-refractivity contribution in [1.29, 1.82) is 15.8 Å². The van der Waals surface area contributed by atoms with E-state index in [0.717, 1.165) is 96.8 Å². The number of rotatable bonds is 23. The van der Waals surface area contributed by atoms with E-state index in [-0.39, 0.29) is 94.1 Å². The van der Waals surface area contributed by atoms with Gasteiger partial charge in [0.15, 0.2) is 31.4 Å². The Morgan fingerprint density at radius 2 is 0.877 bits per heavy atom. The van der Waals surface area contributed by atoms with Crippen LogP contribution in [0.3, 0.4) is 0 Å². The van der Waals surface area contributed by atoms with Crippen LogP contribution in [0.15, 0.2) is 234 Å². The molecule has 4 aliphatic rings. The molecule has 0 bridgehead atoms. The Morgan fingerprint density at radius 1 is 0.471 bits per heavy atom. The molecule has 7 heterocycles. The van der Waals surface area contributed by atoms with Crippen LogP contribution < -0.4 is 39.5 Å². The number of benzene rings is 10. The predicted octanol–water partition coefficient (Wildman–Crippen LogP) is 20.6. The monoisotopic (exact) mass is 2040 g/mol. The van der Waals surface area contributed by atoms with Crippen molar-refractivity contribution in [2.24, 2.45) is 0 Å². The Hall–Kier alpha value is -14.9. The summed E-state index contributed by atoms with van der Waals surface area (Å²) in [5, 5.41) is 67.9. The molecule has 1 fully saturated rings. The maximum absolute atomic E-state index is 13.4. The summed E-state index contributed by atoms with van der Waals surface area (Å²) in [5.74, 6) is -0.571. The van der Waals surface area contributed by atoms with Crippen LogP contribution in [0.25, 0.3) is 11.1 Å². The summed E-state index contributed by atoms with van der Waals surface area (Å²) >= 11 is 25.4. The summed E-state index contributed by atoms with van der Waals surface area (Å²) in [6.07, 6.45) is 14.8. The summed E-state index contributed by atoms with van der Waals surface area (Å²) in [5.41, 5.74) is 17.6. The number of aromatic carboxylic acids is 1. The van der Waals surface area contributed by atoms with E-state index in [1.165, 1.54) is 82.8 Å². The third-order valence-electron chi connectivity index (χ3n) is 23.1. The van der Waals surface area contributed by atoms with E-state index in [1.54, 1.807) is 70.9 Å². The number of amides is 2. The van der Waals surface area contributed by atoms with Gasteiger partial charge in [-0.1, -0.05) is 116 Å². The van der Waals surface area contributed by atoms with Crippen LogP contribution in [0.1, 0.15) is 183 Å². The Bertz CT molecular complexity index is 6950. The third-order valence-corrected chi connectivity index (χ3v) is 25.5. The predicted molar refractivity (Wildman–Crippen MR) is 530 cm³/mol. The van der Waals surface area contributed by atoms with Crippen molar-refractivity contribution in [3.63, 3.8) is 0 Å². The molecule has 0 saturated carbocycles. The van der Waals surface area contributed by atoms with Gasteiger partial charge in [-0.2, -0.15) is 15.8 Å². The molecule has 138 heavy (non-hydrogen) atoms. The molecule has 698 valence electrons. The minimum atomic E-state index is -1.14. The van der Waals surface area contributed by atoms with Gasteiger partial charge < -0.3 is 63.8 Å². The van der Waals surface area contributed by atoms with E-state index in [0.29, 0.717) is 124 Å². The third kappa shape index (κ3) is 24.9. The summed E-state index contributed by atoms with van der Waals surface area (Å²) in [6.45, 7) is 14.9. The van der Waals surface area contributed by atoms with Crippen LogP contribution in [0, 0.1) is 47.8 Å².